The number of fused-ring (bicyclic) bond motifs is 1. The Balaban J connectivity index is 1.91. The lowest BCUT2D eigenvalue weighted by atomic mass is 10.3. The van der Waals surface area contributed by atoms with E-state index in [1.54, 1.807) is 29.7 Å². The Morgan fingerprint density at radius 1 is 1.29 bits per heavy atom. The molecule has 6 nitrogen and oxygen atoms in total. The fourth-order valence-electron chi connectivity index (χ4n) is 1.94. The van der Waals surface area contributed by atoms with Crippen molar-refractivity contribution in [1.29, 1.82) is 0 Å². The number of nitrogens with zero attached hydrogens (tertiary/aromatic N) is 3. The smallest absolute Gasteiger partial charge is 0.250 e. The lowest BCUT2D eigenvalue weighted by molar-refractivity contribution is 0.560. The molecule has 3 heterocycles. The Hall–Kier alpha value is -1.29. The molecule has 9 heteroatoms. The molecular formula is C12H11BrN4O2S2. The van der Waals surface area contributed by atoms with Gasteiger partial charge in [0, 0.05) is 6.20 Å². The van der Waals surface area contributed by atoms with Crippen LogP contribution in [0.5, 0.6) is 0 Å². The molecule has 0 spiro atoms. The number of nitrogens with one attached hydrogen (secondary N) is 1. The summed E-state index contributed by atoms with van der Waals surface area (Å²) in [6.45, 7) is 1.74. The van der Waals surface area contributed by atoms with Gasteiger partial charge in [-0.3, -0.25) is 4.40 Å². The van der Waals surface area contributed by atoms with E-state index < -0.39 is 16.1 Å². The molecule has 1 unspecified atom stereocenters. The van der Waals surface area contributed by atoms with E-state index in [-0.39, 0.29) is 4.21 Å². The van der Waals surface area contributed by atoms with Crippen LogP contribution in [0.1, 0.15) is 18.8 Å². The van der Waals surface area contributed by atoms with E-state index in [1.165, 1.54) is 0 Å². The predicted octanol–water partition coefficient (Wildman–Crippen LogP) is 2.59. The molecule has 0 amide bonds. The van der Waals surface area contributed by atoms with Crippen molar-refractivity contribution in [3.63, 3.8) is 0 Å². The summed E-state index contributed by atoms with van der Waals surface area (Å²) in [7, 11) is -3.58. The normalized spacial score (nSPS) is 13.6. The van der Waals surface area contributed by atoms with E-state index in [1.807, 2.05) is 18.2 Å². The summed E-state index contributed by atoms with van der Waals surface area (Å²) in [5.41, 5.74) is 0.678. The average Bonchev–Trinajstić information content (AvgIpc) is 3.04. The Bertz CT molecular complexity index is 887. The highest BCUT2D eigenvalue weighted by atomic mass is 79.9. The molecule has 3 rings (SSSR count). The molecule has 110 valence electrons. The maximum Gasteiger partial charge on any atom is 0.250 e. The molecule has 0 aliphatic rings. The van der Waals surface area contributed by atoms with Gasteiger partial charge in [-0.25, -0.2) is 8.42 Å². The summed E-state index contributed by atoms with van der Waals surface area (Å²) in [6.07, 6.45) is 1.80. The summed E-state index contributed by atoms with van der Waals surface area (Å²) in [4.78, 5) is 0. The second kappa shape index (κ2) is 5.48. The highest BCUT2D eigenvalue weighted by Gasteiger charge is 2.23. The first-order valence-electron chi connectivity index (χ1n) is 6.05. The van der Waals surface area contributed by atoms with Gasteiger partial charge in [-0.15, -0.1) is 21.5 Å². The van der Waals surface area contributed by atoms with Gasteiger partial charge in [0.25, 0.3) is 10.0 Å². The van der Waals surface area contributed by atoms with Gasteiger partial charge in [0.2, 0.25) is 0 Å². The minimum atomic E-state index is -3.58. The fourth-order valence-corrected chi connectivity index (χ4v) is 5.17. The van der Waals surface area contributed by atoms with Crippen molar-refractivity contribution in [2.45, 2.75) is 17.2 Å². The number of halogens is 1. The second-order valence-electron chi connectivity index (χ2n) is 4.39. The lowest BCUT2D eigenvalue weighted by Gasteiger charge is -2.11. The maximum absolute atomic E-state index is 12.3. The van der Waals surface area contributed by atoms with E-state index in [9.17, 15) is 8.42 Å². The van der Waals surface area contributed by atoms with E-state index in [2.05, 4.69) is 30.8 Å². The Labute approximate surface area is 134 Å². The first kappa shape index (κ1) is 14.6. The van der Waals surface area contributed by atoms with Crippen molar-refractivity contribution in [3.05, 3.63) is 46.1 Å². The standard InChI is InChI=1S/C12H11BrN4O2S2/c1-8(12-15-14-10-4-2-3-7-17(10)12)16-21(18,19)11-6-5-9(13)20-11/h2-8,16H,1H3. The van der Waals surface area contributed by atoms with Gasteiger partial charge in [0.15, 0.2) is 11.5 Å². The Morgan fingerprint density at radius 3 is 2.81 bits per heavy atom. The number of sulfonamides is 1. The molecule has 0 aliphatic carbocycles. The van der Waals surface area contributed by atoms with Gasteiger partial charge in [0.1, 0.15) is 4.21 Å². The van der Waals surface area contributed by atoms with Gasteiger partial charge in [0.05, 0.1) is 9.83 Å². The van der Waals surface area contributed by atoms with Crippen LogP contribution < -0.4 is 4.72 Å². The summed E-state index contributed by atoms with van der Waals surface area (Å²) in [5, 5.41) is 8.08. The number of hydrogen-bond acceptors (Lipinski definition) is 5. The molecular weight excluding hydrogens is 376 g/mol. The van der Waals surface area contributed by atoms with Crippen LogP contribution in [-0.4, -0.2) is 23.0 Å². The van der Waals surface area contributed by atoms with Gasteiger partial charge >= 0.3 is 0 Å². The number of hydrogen-bond donors (Lipinski definition) is 1. The molecule has 0 bridgehead atoms. The van der Waals surface area contributed by atoms with E-state index >= 15 is 0 Å². The molecule has 21 heavy (non-hydrogen) atoms. The molecule has 1 atom stereocenters. The zero-order valence-corrected chi connectivity index (χ0v) is 14.1. The van der Waals surface area contributed by atoms with Crippen LogP contribution >= 0.6 is 27.3 Å². The van der Waals surface area contributed by atoms with Crippen LogP contribution in [0.2, 0.25) is 0 Å². The molecule has 0 aromatic carbocycles. The van der Waals surface area contributed by atoms with Gasteiger partial charge < -0.3 is 0 Å². The van der Waals surface area contributed by atoms with Gasteiger partial charge in [-0.05, 0) is 47.1 Å². The van der Waals surface area contributed by atoms with Crippen molar-refractivity contribution in [1.82, 2.24) is 19.3 Å². The minimum Gasteiger partial charge on any atom is -0.285 e. The summed E-state index contributed by atoms with van der Waals surface area (Å²) in [5.74, 6) is 0.546. The molecule has 0 fully saturated rings. The van der Waals surface area contributed by atoms with Crippen LogP contribution in [0.25, 0.3) is 5.65 Å². The average molecular weight is 387 g/mol. The van der Waals surface area contributed by atoms with Crippen molar-refractivity contribution in [3.8, 4) is 0 Å². The zero-order chi connectivity index (χ0) is 15.0. The Morgan fingerprint density at radius 2 is 2.10 bits per heavy atom. The molecule has 0 saturated heterocycles. The third kappa shape index (κ3) is 2.86. The lowest BCUT2D eigenvalue weighted by Crippen LogP contribution is -2.27. The number of thiophene rings is 1. The minimum absolute atomic E-state index is 0.259. The van der Waals surface area contributed by atoms with Gasteiger partial charge in [-0.2, -0.15) is 4.72 Å². The SMILES string of the molecule is CC(NS(=O)(=O)c1ccc(Br)s1)c1nnc2ccccn12. The summed E-state index contributed by atoms with van der Waals surface area (Å²) in [6, 6.07) is 8.28. The van der Waals surface area contributed by atoms with Crippen LogP contribution in [0.4, 0.5) is 0 Å². The molecule has 3 aromatic rings. The first-order valence-corrected chi connectivity index (χ1v) is 9.14. The predicted molar refractivity (Wildman–Crippen MR) is 83.7 cm³/mol. The number of pyridine rings is 1. The second-order valence-corrected chi connectivity index (χ2v) is 8.79. The summed E-state index contributed by atoms with van der Waals surface area (Å²) < 4.78 is 30.0. The van der Waals surface area contributed by atoms with E-state index in [0.717, 1.165) is 15.1 Å². The quantitative estimate of drug-likeness (QED) is 0.747. The summed E-state index contributed by atoms with van der Waals surface area (Å²) >= 11 is 4.42. The maximum atomic E-state index is 12.3. The monoisotopic (exact) mass is 386 g/mol. The largest absolute Gasteiger partial charge is 0.285 e. The third-order valence-corrected chi connectivity index (χ3v) is 6.53. The number of aromatic nitrogens is 3. The molecule has 0 radical (unpaired) electrons. The van der Waals surface area contributed by atoms with E-state index in [0.29, 0.717) is 11.5 Å². The van der Waals surface area contributed by atoms with Crippen molar-refractivity contribution >= 4 is 42.9 Å². The number of rotatable bonds is 4. The molecule has 0 aliphatic heterocycles. The fraction of sp³-hybridized carbons (Fsp3) is 0.167. The van der Waals surface area contributed by atoms with Crippen LogP contribution in [0, 0.1) is 0 Å². The van der Waals surface area contributed by atoms with Crippen molar-refractivity contribution in [2.24, 2.45) is 0 Å². The van der Waals surface area contributed by atoms with Crippen molar-refractivity contribution in [2.75, 3.05) is 0 Å². The van der Waals surface area contributed by atoms with Crippen LogP contribution in [0.15, 0.2) is 44.5 Å². The Kier molecular flexibility index (Phi) is 3.82. The van der Waals surface area contributed by atoms with Crippen molar-refractivity contribution < 1.29 is 8.42 Å². The topological polar surface area (TPSA) is 76.4 Å². The van der Waals surface area contributed by atoms with Crippen LogP contribution in [0.3, 0.4) is 0 Å². The highest BCUT2D eigenvalue weighted by molar-refractivity contribution is 9.11. The molecule has 0 saturated carbocycles. The highest BCUT2D eigenvalue weighted by Crippen LogP contribution is 2.27. The van der Waals surface area contributed by atoms with Gasteiger partial charge in [-0.1, -0.05) is 6.07 Å². The third-order valence-electron chi connectivity index (χ3n) is 2.87. The van der Waals surface area contributed by atoms with E-state index in [4.69, 9.17) is 0 Å². The molecule has 3 aromatic heterocycles. The van der Waals surface area contributed by atoms with Crippen LogP contribution in [-0.2, 0) is 10.0 Å². The zero-order valence-electron chi connectivity index (χ0n) is 10.9. The molecule has 1 N–H and O–H groups in total. The first-order chi connectivity index (χ1) is 9.97.